The molecule has 1 aromatic heterocycles. The lowest BCUT2D eigenvalue weighted by atomic mass is 10.0. The minimum absolute atomic E-state index is 0.569. The Morgan fingerprint density at radius 1 is 1.50 bits per heavy atom. The molecule has 16 heavy (non-hydrogen) atoms. The minimum atomic E-state index is 0.569. The van der Waals surface area contributed by atoms with Crippen molar-refractivity contribution < 1.29 is 4.42 Å². The fourth-order valence-electron chi connectivity index (χ4n) is 2.01. The maximum absolute atomic E-state index is 5.82. The quantitative estimate of drug-likeness (QED) is 0.802. The van der Waals surface area contributed by atoms with Crippen molar-refractivity contribution in [3.05, 3.63) is 17.8 Å². The zero-order valence-corrected chi connectivity index (χ0v) is 10.7. The second-order valence-electron chi connectivity index (χ2n) is 4.26. The van der Waals surface area contributed by atoms with Gasteiger partial charge in [-0.05, 0) is 44.4 Å². The van der Waals surface area contributed by atoms with Crippen LogP contribution in [0.3, 0.4) is 0 Å². The maximum atomic E-state index is 5.82. The molecule has 0 aromatic carbocycles. The van der Waals surface area contributed by atoms with E-state index in [0.717, 1.165) is 31.0 Å². The normalized spacial score (nSPS) is 17.8. The molecule has 1 aliphatic heterocycles. The van der Waals surface area contributed by atoms with Gasteiger partial charge in [0.25, 0.3) is 0 Å². The number of hydrogen-bond acceptors (Lipinski definition) is 4. The number of nitrogens with one attached hydrogen (secondary N) is 1. The molecule has 0 saturated carbocycles. The fraction of sp³-hybridized carbons (Fsp3) is 0.750. The van der Waals surface area contributed by atoms with Crippen molar-refractivity contribution in [3.63, 3.8) is 0 Å². The highest BCUT2D eigenvalue weighted by Gasteiger charge is 2.20. The summed E-state index contributed by atoms with van der Waals surface area (Å²) in [6.45, 7) is 1.04. The van der Waals surface area contributed by atoms with E-state index in [-0.39, 0.29) is 0 Å². The van der Waals surface area contributed by atoms with E-state index in [1.54, 1.807) is 0 Å². The van der Waals surface area contributed by atoms with E-state index < -0.39 is 0 Å². The van der Waals surface area contributed by atoms with Gasteiger partial charge in [0.2, 0.25) is 0 Å². The van der Waals surface area contributed by atoms with Gasteiger partial charge in [0, 0.05) is 12.3 Å². The lowest BCUT2D eigenvalue weighted by Gasteiger charge is -2.17. The Morgan fingerprint density at radius 3 is 3.06 bits per heavy atom. The van der Waals surface area contributed by atoms with Crippen LogP contribution in [0.15, 0.2) is 10.6 Å². The molecule has 0 aliphatic carbocycles. The summed E-state index contributed by atoms with van der Waals surface area (Å²) in [5, 5.41) is 3.14. The lowest BCUT2D eigenvalue weighted by Crippen LogP contribution is -2.08. The average molecular weight is 240 g/mol. The molecule has 90 valence electrons. The molecule has 3 nitrogen and oxygen atoms in total. The van der Waals surface area contributed by atoms with Crippen LogP contribution in [-0.2, 0) is 6.42 Å². The van der Waals surface area contributed by atoms with Crippen LogP contribution in [0.2, 0.25) is 0 Å². The van der Waals surface area contributed by atoms with Crippen molar-refractivity contribution >= 4 is 11.8 Å². The third-order valence-corrected chi connectivity index (χ3v) is 4.04. The molecule has 0 radical (unpaired) electrons. The molecule has 1 aliphatic rings. The van der Waals surface area contributed by atoms with Gasteiger partial charge in [0.15, 0.2) is 5.89 Å². The van der Waals surface area contributed by atoms with Crippen LogP contribution >= 0.6 is 11.8 Å². The van der Waals surface area contributed by atoms with Gasteiger partial charge in [-0.3, -0.25) is 0 Å². The molecule has 0 bridgehead atoms. The molecule has 4 heteroatoms. The van der Waals surface area contributed by atoms with Gasteiger partial charge in [-0.2, -0.15) is 11.8 Å². The summed E-state index contributed by atoms with van der Waals surface area (Å²) in [5.74, 6) is 5.09. The molecule has 2 rings (SSSR count). The summed E-state index contributed by atoms with van der Waals surface area (Å²) >= 11 is 2.04. The number of thioether (sulfide) groups is 1. The van der Waals surface area contributed by atoms with Crippen LogP contribution in [0.5, 0.6) is 0 Å². The summed E-state index contributed by atoms with van der Waals surface area (Å²) in [6, 6.07) is 0. The molecule has 2 heterocycles. The molecule has 0 atom stereocenters. The van der Waals surface area contributed by atoms with Crippen LogP contribution < -0.4 is 5.32 Å². The molecule has 1 N–H and O–H groups in total. The molecule has 0 amide bonds. The van der Waals surface area contributed by atoms with Crippen LogP contribution in [-0.4, -0.2) is 30.1 Å². The zero-order chi connectivity index (χ0) is 11.2. The van der Waals surface area contributed by atoms with E-state index in [4.69, 9.17) is 4.42 Å². The highest BCUT2D eigenvalue weighted by molar-refractivity contribution is 7.99. The SMILES string of the molecule is CNCCCc1cnc(C2CCSCC2)o1. The van der Waals surface area contributed by atoms with Crippen molar-refractivity contribution in [2.75, 3.05) is 25.1 Å². The molecule has 0 unspecified atom stereocenters. The molecular weight excluding hydrogens is 220 g/mol. The maximum Gasteiger partial charge on any atom is 0.197 e. The topological polar surface area (TPSA) is 38.1 Å². The Labute approximate surface area is 101 Å². The smallest absolute Gasteiger partial charge is 0.197 e. The van der Waals surface area contributed by atoms with Gasteiger partial charge >= 0.3 is 0 Å². The zero-order valence-electron chi connectivity index (χ0n) is 9.87. The first-order valence-corrected chi connectivity index (χ1v) is 7.22. The largest absolute Gasteiger partial charge is 0.445 e. The molecule has 0 spiro atoms. The predicted octanol–water partition coefficient (Wildman–Crippen LogP) is 2.44. The summed E-state index contributed by atoms with van der Waals surface area (Å²) in [7, 11) is 1.98. The predicted molar refractivity (Wildman–Crippen MR) is 68.1 cm³/mol. The number of rotatable bonds is 5. The van der Waals surface area contributed by atoms with Crippen molar-refractivity contribution in [1.29, 1.82) is 0 Å². The van der Waals surface area contributed by atoms with Crippen molar-refractivity contribution in [3.8, 4) is 0 Å². The Hall–Kier alpha value is -0.480. The third kappa shape index (κ3) is 3.25. The summed E-state index contributed by atoms with van der Waals surface area (Å²) in [6.07, 6.45) is 6.47. The van der Waals surface area contributed by atoms with Gasteiger partial charge in [-0.25, -0.2) is 4.98 Å². The van der Waals surface area contributed by atoms with Gasteiger partial charge in [0.1, 0.15) is 5.76 Å². The van der Waals surface area contributed by atoms with E-state index in [0.29, 0.717) is 5.92 Å². The average Bonchev–Trinajstić information content (AvgIpc) is 2.79. The highest BCUT2D eigenvalue weighted by atomic mass is 32.2. The van der Waals surface area contributed by atoms with Crippen LogP contribution in [0.25, 0.3) is 0 Å². The molecule has 1 aromatic rings. The Bertz CT molecular complexity index is 308. The first kappa shape index (κ1) is 12.0. The Morgan fingerprint density at radius 2 is 2.31 bits per heavy atom. The van der Waals surface area contributed by atoms with E-state index in [9.17, 15) is 0 Å². The number of oxazole rings is 1. The number of aromatic nitrogens is 1. The fourth-order valence-corrected chi connectivity index (χ4v) is 3.12. The number of hydrogen-bond donors (Lipinski definition) is 1. The highest BCUT2D eigenvalue weighted by Crippen LogP contribution is 2.31. The Kier molecular flexibility index (Phi) is 4.72. The first-order chi connectivity index (χ1) is 7.90. The first-order valence-electron chi connectivity index (χ1n) is 6.07. The van der Waals surface area contributed by atoms with E-state index in [1.165, 1.54) is 24.3 Å². The second-order valence-corrected chi connectivity index (χ2v) is 5.48. The van der Waals surface area contributed by atoms with E-state index in [2.05, 4.69) is 10.3 Å². The molecular formula is C12H20N2OS. The molecule has 1 saturated heterocycles. The van der Waals surface area contributed by atoms with Crippen LogP contribution in [0.1, 0.15) is 36.8 Å². The Balaban J connectivity index is 1.85. The van der Waals surface area contributed by atoms with Crippen LogP contribution in [0.4, 0.5) is 0 Å². The lowest BCUT2D eigenvalue weighted by molar-refractivity contribution is 0.402. The molecule has 1 fully saturated rings. The summed E-state index contributed by atoms with van der Waals surface area (Å²) < 4.78 is 5.82. The van der Waals surface area contributed by atoms with Gasteiger partial charge in [0.05, 0.1) is 6.20 Å². The minimum Gasteiger partial charge on any atom is -0.445 e. The third-order valence-electron chi connectivity index (χ3n) is 2.99. The summed E-state index contributed by atoms with van der Waals surface area (Å²) in [5.41, 5.74) is 0. The summed E-state index contributed by atoms with van der Waals surface area (Å²) in [4.78, 5) is 4.42. The number of nitrogens with zero attached hydrogens (tertiary/aromatic N) is 1. The number of aryl methyl sites for hydroxylation is 1. The van der Waals surface area contributed by atoms with Crippen molar-refractivity contribution in [1.82, 2.24) is 10.3 Å². The van der Waals surface area contributed by atoms with E-state index >= 15 is 0 Å². The van der Waals surface area contributed by atoms with Crippen molar-refractivity contribution in [2.24, 2.45) is 0 Å². The van der Waals surface area contributed by atoms with Gasteiger partial charge < -0.3 is 9.73 Å². The van der Waals surface area contributed by atoms with Crippen LogP contribution in [0, 0.1) is 0 Å². The standard InChI is InChI=1S/C12H20N2OS/c1-13-6-2-3-11-9-14-12(15-11)10-4-7-16-8-5-10/h9-10,13H,2-8H2,1H3. The van der Waals surface area contributed by atoms with E-state index in [1.807, 2.05) is 25.0 Å². The van der Waals surface area contributed by atoms with Crippen molar-refractivity contribution in [2.45, 2.75) is 31.6 Å². The van der Waals surface area contributed by atoms with Gasteiger partial charge in [-0.1, -0.05) is 0 Å². The van der Waals surface area contributed by atoms with Gasteiger partial charge in [-0.15, -0.1) is 0 Å². The second kappa shape index (κ2) is 6.30. The monoisotopic (exact) mass is 240 g/mol.